The lowest BCUT2D eigenvalue weighted by atomic mass is 10.2. The van der Waals surface area contributed by atoms with Gasteiger partial charge in [0.1, 0.15) is 0 Å². The topological polar surface area (TPSA) is 0 Å². The molecule has 0 amide bonds. The Balaban J connectivity index is 2.44. The second-order valence-corrected chi connectivity index (χ2v) is 7.12. The van der Waals surface area contributed by atoms with Gasteiger partial charge in [0, 0.05) is 25.3 Å². The fourth-order valence-electron chi connectivity index (χ4n) is 1.49. The van der Waals surface area contributed by atoms with Gasteiger partial charge in [0.15, 0.2) is 5.50 Å². The van der Waals surface area contributed by atoms with Crippen molar-refractivity contribution in [1.82, 2.24) is 0 Å². The molecule has 14 heavy (non-hydrogen) atoms. The zero-order valence-corrected chi connectivity index (χ0v) is 10.9. The smallest absolute Gasteiger partial charge is 0.159 e. The van der Waals surface area contributed by atoms with Crippen LogP contribution in [0.2, 0.25) is 0 Å². The summed E-state index contributed by atoms with van der Waals surface area (Å²) in [6.07, 6.45) is 0. The first-order valence-corrected chi connectivity index (χ1v) is 7.34. The summed E-state index contributed by atoms with van der Waals surface area (Å²) < 4.78 is 13.2. The second-order valence-electron chi connectivity index (χ2n) is 3.67. The van der Waals surface area contributed by atoms with E-state index in [1.165, 1.54) is 31.3 Å². The predicted molar refractivity (Wildman–Crippen MR) is 64.6 cm³/mol. The summed E-state index contributed by atoms with van der Waals surface area (Å²) in [5, 5.41) is 0. The number of thioether (sulfide) groups is 2. The monoisotopic (exact) mass is 248 g/mol. The minimum Gasteiger partial charge on any atom is -0.234 e. The third kappa shape index (κ3) is 1.84. The summed E-state index contributed by atoms with van der Waals surface area (Å²) in [6, 6.07) is 0. The fourth-order valence-corrected chi connectivity index (χ4v) is 5.54. The van der Waals surface area contributed by atoms with E-state index in [-0.39, 0.29) is 0 Å². The molecule has 0 aromatic carbocycles. The summed E-state index contributed by atoms with van der Waals surface area (Å²) in [5.74, 6) is 1.17. The van der Waals surface area contributed by atoms with E-state index in [2.05, 4.69) is 20.8 Å². The van der Waals surface area contributed by atoms with Crippen molar-refractivity contribution in [3.05, 3.63) is 9.75 Å². The lowest BCUT2D eigenvalue weighted by Crippen LogP contribution is -2.03. The lowest BCUT2D eigenvalue weighted by molar-refractivity contribution is 0.487. The average molecular weight is 248 g/mol. The van der Waals surface area contributed by atoms with Crippen LogP contribution in [0.5, 0.6) is 0 Å². The molecule has 0 fully saturated rings. The molecular weight excluding hydrogens is 235 g/mol. The Hall–Kier alpha value is 0.330. The fraction of sp³-hybridized carbons (Fsp3) is 0.600. The van der Waals surface area contributed by atoms with E-state index in [4.69, 9.17) is 0 Å². The number of hydrogen-bond acceptors (Lipinski definition) is 3. The first-order valence-electron chi connectivity index (χ1n) is 4.66. The predicted octanol–water partition coefficient (Wildman–Crippen LogP) is 4.67. The second kappa shape index (κ2) is 4.06. The van der Waals surface area contributed by atoms with Crippen LogP contribution >= 0.6 is 34.9 Å². The van der Waals surface area contributed by atoms with Crippen LogP contribution in [0, 0.1) is 6.92 Å². The largest absolute Gasteiger partial charge is 0.234 e. The third-order valence-electron chi connectivity index (χ3n) is 2.14. The Morgan fingerprint density at radius 2 is 2.07 bits per heavy atom. The molecule has 0 aliphatic carbocycles. The number of alkyl halides is 1. The molecule has 0 spiro atoms. The Bertz CT molecular complexity index is 343. The normalized spacial score (nSPS) is 21.4. The minimum atomic E-state index is -0.721. The highest BCUT2D eigenvalue weighted by molar-refractivity contribution is 8.06. The molecule has 1 aliphatic rings. The van der Waals surface area contributed by atoms with Crippen molar-refractivity contribution in [1.29, 1.82) is 0 Å². The number of fused-ring (bicyclic) bond motifs is 1. The number of aryl methyl sites for hydroxylation is 1. The summed E-state index contributed by atoms with van der Waals surface area (Å²) in [4.78, 5) is 5.26. The van der Waals surface area contributed by atoms with E-state index in [0.717, 1.165) is 0 Å². The summed E-state index contributed by atoms with van der Waals surface area (Å²) in [6.45, 7) is 6.51. The molecule has 78 valence electrons. The molecule has 1 aromatic heterocycles. The van der Waals surface area contributed by atoms with Crippen molar-refractivity contribution in [2.75, 3.05) is 5.75 Å². The molecule has 0 bridgehead atoms. The quantitative estimate of drug-likeness (QED) is 0.708. The van der Waals surface area contributed by atoms with Gasteiger partial charge in [-0.25, -0.2) is 4.39 Å². The van der Waals surface area contributed by atoms with Gasteiger partial charge in [0.2, 0.25) is 0 Å². The van der Waals surface area contributed by atoms with Crippen molar-refractivity contribution in [3.63, 3.8) is 0 Å². The first-order chi connectivity index (χ1) is 6.59. The van der Waals surface area contributed by atoms with Gasteiger partial charge in [-0.2, -0.15) is 0 Å². The van der Waals surface area contributed by atoms with Crippen molar-refractivity contribution in [2.45, 2.75) is 42.0 Å². The Morgan fingerprint density at radius 3 is 2.71 bits per heavy atom. The Kier molecular flexibility index (Phi) is 3.15. The number of halogens is 1. The van der Waals surface area contributed by atoms with E-state index in [9.17, 15) is 4.39 Å². The van der Waals surface area contributed by atoms with E-state index >= 15 is 0 Å². The Labute approximate surface area is 96.7 Å². The van der Waals surface area contributed by atoms with Crippen LogP contribution in [-0.2, 0) is 0 Å². The first kappa shape index (κ1) is 10.8. The van der Waals surface area contributed by atoms with Crippen molar-refractivity contribution in [2.24, 2.45) is 0 Å². The lowest BCUT2D eigenvalue weighted by Gasteiger charge is -2.17. The van der Waals surface area contributed by atoms with Gasteiger partial charge in [-0.3, -0.25) is 0 Å². The van der Waals surface area contributed by atoms with Crippen LogP contribution in [0.15, 0.2) is 9.79 Å². The maximum absolute atomic E-state index is 13.2. The number of rotatable bonds is 1. The number of hydrogen-bond donors (Lipinski definition) is 0. The van der Waals surface area contributed by atoms with Crippen molar-refractivity contribution < 1.29 is 4.39 Å². The van der Waals surface area contributed by atoms with Crippen LogP contribution < -0.4 is 0 Å². The van der Waals surface area contributed by atoms with Gasteiger partial charge in [-0.1, -0.05) is 25.6 Å². The maximum atomic E-state index is 13.2. The Morgan fingerprint density at radius 1 is 1.36 bits per heavy atom. The molecular formula is C10H13FS3. The summed E-state index contributed by atoms with van der Waals surface area (Å²) in [5.41, 5.74) is -0.721. The zero-order valence-electron chi connectivity index (χ0n) is 8.46. The highest BCUT2D eigenvalue weighted by Crippen LogP contribution is 2.50. The highest BCUT2D eigenvalue weighted by atomic mass is 32.2. The van der Waals surface area contributed by atoms with Crippen molar-refractivity contribution >= 4 is 34.9 Å². The summed E-state index contributed by atoms with van der Waals surface area (Å²) in [7, 11) is 0. The molecule has 0 N–H and O–H groups in total. The van der Waals surface area contributed by atoms with Gasteiger partial charge in [0.05, 0.1) is 0 Å². The maximum Gasteiger partial charge on any atom is 0.159 e. The zero-order chi connectivity index (χ0) is 10.3. The third-order valence-corrected chi connectivity index (χ3v) is 6.49. The molecule has 1 atom stereocenters. The van der Waals surface area contributed by atoms with Crippen LogP contribution in [0.25, 0.3) is 0 Å². The van der Waals surface area contributed by atoms with E-state index < -0.39 is 5.50 Å². The summed E-state index contributed by atoms with van der Waals surface area (Å²) >= 11 is 4.92. The molecule has 0 radical (unpaired) electrons. The van der Waals surface area contributed by atoms with Gasteiger partial charge >= 0.3 is 0 Å². The van der Waals surface area contributed by atoms with Gasteiger partial charge < -0.3 is 0 Å². The SMILES string of the molecule is Cc1sc(C(C)C)c2c1SC(F)CS2. The molecule has 0 saturated heterocycles. The van der Waals surface area contributed by atoms with Crippen LogP contribution in [0.3, 0.4) is 0 Å². The molecule has 0 saturated carbocycles. The average Bonchev–Trinajstić information content (AvgIpc) is 2.44. The van der Waals surface area contributed by atoms with Crippen LogP contribution in [0.1, 0.15) is 29.5 Å². The molecule has 1 aromatic rings. The molecule has 1 aliphatic heterocycles. The standard InChI is InChI=1S/C10H13FS3/c1-5(2)8-10-9(6(3)13-8)14-7(11)4-12-10/h5,7H,4H2,1-3H3. The molecule has 4 heteroatoms. The molecule has 2 heterocycles. The van der Waals surface area contributed by atoms with Crippen molar-refractivity contribution in [3.8, 4) is 0 Å². The minimum absolute atomic E-state index is 0.562. The highest BCUT2D eigenvalue weighted by Gasteiger charge is 2.26. The van der Waals surface area contributed by atoms with Gasteiger partial charge in [-0.15, -0.1) is 23.1 Å². The van der Waals surface area contributed by atoms with Gasteiger partial charge in [0.25, 0.3) is 0 Å². The van der Waals surface area contributed by atoms with E-state index in [1.54, 1.807) is 11.8 Å². The van der Waals surface area contributed by atoms with E-state index in [1.807, 2.05) is 11.3 Å². The number of thiophene rings is 1. The van der Waals surface area contributed by atoms with Crippen LogP contribution in [0.4, 0.5) is 4.39 Å². The molecule has 2 rings (SSSR count). The van der Waals surface area contributed by atoms with E-state index in [0.29, 0.717) is 11.7 Å². The van der Waals surface area contributed by atoms with Crippen LogP contribution in [-0.4, -0.2) is 11.3 Å². The molecule has 1 unspecified atom stereocenters. The van der Waals surface area contributed by atoms with Gasteiger partial charge in [-0.05, 0) is 12.8 Å². The molecule has 0 nitrogen and oxygen atoms in total.